The Kier molecular flexibility index (Phi) is 8.49. The number of aliphatic hydroxyl groups excluding tert-OH is 2. The van der Waals surface area contributed by atoms with Crippen LogP contribution >= 0.6 is 0 Å². The normalized spacial score (nSPS) is 12.5. The Bertz CT molecular complexity index is 541. The van der Waals surface area contributed by atoms with Crippen LogP contribution < -0.4 is 0 Å². The number of hydrogen-bond acceptors (Lipinski definition) is 4. The third-order valence-electron chi connectivity index (χ3n) is 4.03. The lowest BCUT2D eigenvalue weighted by atomic mass is 10.0. The molecule has 4 nitrogen and oxygen atoms in total. The molecule has 0 spiro atoms. The molecule has 0 aliphatic carbocycles. The van der Waals surface area contributed by atoms with Crippen LogP contribution in [0.3, 0.4) is 0 Å². The Hall–Kier alpha value is -1.72. The maximum Gasteiger partial charge on any atom is 0.0717 e. The van der Waals surface area contributed by atoms with E-state index >= 15 is 0 Å². The van der Waals surface area contributed by atoms with Gasteiger partial charge in [0.05, 0.1) is 26.4 Å². The molecule has 0 heterocycles. The SMILES string of the molecule is OCCN(CCO)[C@@H](COCc1ccccc1)Cc1ccccc1. The van der Waals surface area contributed by atoms with Crippen LogP contribution in [0.4, 0.5) is 0 Å². The fourth-order valence-corrected chi connectivity index (χ4v) is 2.80. The molecule has 2 aromatic carbocycles. The third-order valence-corrected chi connectivity index (χ3v) is 4.03. The summed E-state index contributed by atoms with van der Waals surface area (Å²) in [4.78, 5) is 2.10. The second-order valence-corrected chi connectivity index (χ2v) is 5.83. The van der Waals surface area contributed by atoms with Crippen molar-refractivity contribution in [3.8, 4) is 0 Å². The van der Waals surface area contributed by atoms with Crippen molar-refractivity contribution >= 4 is 0 Å². The molecule has 0 aliphatic rings. The molecule has 1 atom stereocenters. The minimum atomic E-state index is 0.0734. The molecule has 0 bridgehead atoms. The zero-order valence-corrected chi connectivity index (χ0v) is 14.1. The number of ether oxygens (including phenoxy) is 1. The zero-order chi connectivity index (χ0) is 17.0. The molecule has 4 heteroatoms. The highest BCUT2D eigenvalue weighted by molar-refractivity contribution is 5.16. The molecule has 24 heavy (non-hydrogen) atoms. The van der Waals surface area contributed by atoms with Crippen molar-refractivity contribution < 1.29 is 14.9 Å². The largest absolute Gasteiger partial charge is 0.395 e. The van der Waals surface area contributed by atoms with E-state index in [1.165, 1.54) is 5.56 Å². The quantitative estimate of drug-likeness (QED) is 0.663. The van der Waals surface area contributed by atoms with Gasteiger partial charge in [-0.2, -0.15) is 0 Å². The molecule has 0 unspecified atom stereocenters. The summed E-state index contributed by atoms with van der Waals surface area (Å²) in [7, 11) is 0. The molecule has 130 valence electrons. The Balaban J connectivity index is 1.97. The Labute approximate surface area is 144 Å². The molecule has 0 saturated heterocycles. The maximum atomic E-state index is 9.32. The van der Waals surface area contributed by atoms with Gasteiger partial charge in [-0.05, 0) is 17.5 Å². The average Bonchev–Trinajstić information content (AvgIpc) is 2.62. The third kappa shape index (κ3) is 6.42. The maximum absolute atomic E-state index is 9.32. The number of rotatable bonds is 11. The number of aliphatic hydroxyl groups is 2. The van der Waals surface area contributed by atoms with Gasteiger partial charge >= 0.3 is 0 Å². The second-order valence-electron chi connectivity index (χ2n) is 5.83. The molecule has 0 aromatic heterocycles. The fourth-order valence-electron chi connectivity index (χ4n) is 2.80. The first-order valence-electron chi connectivity index (χ1n) is 8.45. The van der Waals surface area contributed by atoms with Crippen molar-refractivity contribution in [2.75, 3.05) is 32.9 Å². The van der Waals surface area contributed by atoms with E-state index in [0.717, 1.165) is 12.0 Å². The van der Waals surface area contributed by atoms with Crippen molar-refractivity contribution in [3.05, 3.63) is 71.8 Å². The van der Waals surface area contributed by atoms with Gasteiger partial charge in [0.25, 0.3) is 0 Å². The van der Waals surface area contributed by atoms with E-state index in [9.17, 15) is 10.2 Å². The van der Waals surface area contributed by atoms with Gasteiger partial charge in [-0.15, -0.1) is 0 Å². The van der Waals surface area contributed by atoms with E-state index in [4.69, 9.17) is 4.74 Å². The highest BCUT2D eigenvalue weighted by Gasteiger charge is 2.18. The molecule has 0 aliphatic heterocycles. The van der Waals surface area contributed by atoms with Gasteiger partial charge in [0.1, 0.15) is 0 Å². The van der Waals surface area contributed by atoms with Crippen LogP contribution in [0.5, 0.6) is 0 Å². The van der Waals surface area contributed by atoms with E-state index in [0.29, 0.717) is 26.3 Å². The van der Waals surface area contributed by atoms with Crippen molar-refractivity contribution in [2.45, 2.75) is 19.1 Å². The molecule has 2 N–H and O–H groups in total. The lowest BCUT2D eigenvalue weighted by Gasteiger charge is -2.30. The van der Waals surface area contributed by atoms with Crippen molar-refractivity contribution in [1.82, 2.24) is 4.90 Å². The summed E-state index contributed by atoms with van der Waals surface area (Å²) in [6, 6.07) is 20.5. The topological polar surface area (TPSA) is 52.9 Å². The number of benzene rings is 2. The van der Waals surface area contributed by atoms with Gasteiger partial charge in [-0.25, -0.2) is 0 Å². The van der Waals surface area contributed by atoms with Crippen LogP contribution in [0.25, 0.3) is 0 Å². The molecule has 0 amide bonds. The van der Waals surface area contributed by atoms with E-state index in [1.807, 2.05) is 48.5 Å². The minimum Gasteiger partial charge on any atom is -0.395 e. The van der Waals surface area contributed by atoms with Crippen molar-refractivity contribution in [2.24, 2.45) is 0 Å². The van der Waals surface area contributed by atoms with Gasteiger partial charge in [0, 0.05) is 19.1 Å². The van der Waals surface area contributed by atoms with Crippen LogP contribution in [0.2, 0.25) is 0 Å². The van der Waals surface area contributed by atoms with E-state index in [-0.39, 0.29) is 19.3 Å². The van der Waals surface area contributed by atoms with Crippen LogP contribution in [-0.4, -0.2) is 54.1 Å². The Morgan fingerprint density at radius 2 is 1.33 bits per heavy atom. The minimum absolute atomic E-state index is 0.0734. The first-order chi connectivity index (χ1) is 11.8. The Morgan fingerprint density at radius 1 is 0.792 bits per heavy atom. The summed E-state index contributed by atoms with van der Waals surface area (Å²) < 4.78 is 5.92. The van der Waals surface area contributed by atoms with E-state index < -0.39 is 0 Å². The van der Waals surface area contributed by atoms with Gasteiger partial charge in [-0.3, -0.25) is 4.90 Å². The summed E-state index contributed by atoms with van der Waals surface area (Å²) in [6.45, 7) is 2.34. The lowest BCUT2D eigenvalue weighted by Crippen LogP contribution is -2.43. The standard InChI is InChI=1S/C20H27NO3/c22-13-11-21(12-14-23)20(15-18-7-3-1-4-8-18)17-24-16-19-9-5-2-6-10-19/h1-10,20,22-23H,11-17H2/t20-/m1/s1. The van der Waals surface area contributed by atoms with Crippen molar-refractivity contribution in [1.29, 1.82) is 0 Å². The second kappa shape index (κ2) is 10.9. The van der Waals surface area contributed by atoms with Gasteiger partial charge in [0.2, 0.25) is 0 Å². The van der Waals surface area contributed by atoms with E-state index in [1.54, 1.807) is 0 Å². The molecular weight excluding hydrogens is 302 g/mol. The zero-order valence-electron chi connectivity index (χ0n) is 14.1. The molecule has 0 saturated carbocycles. The van der Waals surface area contributed by atoms with Crippen LogP contribution in [0.15, 0.2) is 60.7 Å². The summed E-state index contributed by atoms with van der Waals surface area (Å²) in [5, 5.41) is 18.6. The fraction of sp³-hybridized carbons (Fsp3) is 0.400. The van der Waals surface area contributed by atoms with Gasteiger partial charge < -0.3 is 14.9 Å². The smallest absolute Gasteiger partial charge is 0.0717 e. The average molecular weight is 329 g/mol. The molecule has 0 fully saturated rings. The van der Waals surface area contributed by atoms with Gasteiger partial charge in [0.15, 0.2) is 0 Å². The monoisotopic (exact) mass is 329 g/mol. The summed E-state index contributed by atoms with van der Waals surface area (Å²) >= 11 is 0. The van der Waals surface area contributed by atoms with Crippen LogP contribution in [0, 0.1) is 0 Å². The summed E-state index contributed by atoms with van der Waals surface area (Å²) in [5.74, 6) is 0. The first kappa shape index (κ1) is 18.6. The Morgan fingerprint density at radius 3 is 1.88 bits per heavy atom. The van der Waals surface area contributed by atoms with Crippen LogP contribution in [-0.2, 0) is 17.8 Å². The first-order valence-corrected chi connectivity index (χ1v) is 8.45. The highest BCUT2D eigenvalue weighted by Crippen LogP contribution is 2.11. The summed E-state index contributed by atoms with van der Waals surface area (Å²) in [6.07, 6.45) is 0.829. The van der Waals surface area contributed by atoms with Gasteiger partial charge in [-0.1, -0.05) is 60.7 Å². The van der Waals surface area contributed by atoms with Crippen LogP contribution in [0.1, 0.15) is 11.1 Å². The molecule has 0 radical (unpaired) electrons. The predicted octanol–water partition coefficient (Wildman–Crippen LogP) is 2.10. The van der Waals surface area contributed by atoms with E-state index in [2.05, 4.69) is 17.0 Å². The highest BCUT2D eigenvalue weighted by atomic mass is 16.5. The summed E-state index contributed by atoms with van der Waals surface area (Å²) in [5.41, 5.74) is 2.37. The number of nitrogens with zero attached hydrogens (tertiary/aromatic N) is 1. The molecular formula is C20H27NO3. The molecule has 2 rings (SSSR count). The number of hydrogen-bond donors (Lipinski definition) is 2. The van der Waals surface area contributed by atoms with Crippen molar-refractivity contribution in [3.63, 3.8) is 0 Å². The lowest BCUT2D eigenvalue weighted by molar-refractivity contribution is 0.0354. The predicted molar refractivity (Wildman–Crippen MR) is 95.8 cm³/mol. The molecule has 2 aromatic rings.